The maximum Gasteiger partial charge on any atom is 0.258 e. The molecule has 1 N–H and O–H groups in total. The van der Waals surface area contributed by atoms with E-state index in [0.717, 1.165) is 29.9 Å². The molecule has 7 heteroatoms. The van der Waals surface area contributed by atoms with Crippen LogP contribution in [-0.4, -0.2) is 39.6 Å². The molecule has 3 aromatic rings. The highest BCUT2D eigenvalue weighted by Gasteiger charge is 2.16. The molecule has 1 unspecified atom stereocenters. The van der Waals surface area contributed by atoms with E-state index >= 15 is 0 Å². The van der Waals surface area contributed by atoms with E-state index in [1.165, 1.54) is 0 Å². The highest BCUT2D eigenvalue weighted by molar-refractivity contribution is 5.69. The van der Waals surface area contributed by atoms with Gasteiger partial charge in [0.05, 0.1) is 31.3 Å². The fourth-order valence-corrected chi connectivity index (χ4v) is 2.84. The first-order chi connectivity index (χ1) is 13.2. The monoisotopic (exact) mass is 367 g/mol. The van der Waals surface area contributed by atoms with Gasteiger partial charge in [0.1, 0.15) is 5.75 Å². The van der Waals surface area contributed by atoms with Crippen LogP contribution in [0.2, 0.25) is 0 Å². The SMILES string of the molecule is C=CCCOc1nc(-c2cc(C(C)NCC)ncc2OC)cn2ccnc12. The number of nitrogens with zero attached hydrogens (tertiary/aromatic N) is 4. The zero-order chi connectivity index (χ0) is 19.2. The summed E-state index contributed by atoms with van der Waals surface area (Å²) < 4.78 is 13.3. The largest absolute Gasteiger partial charge is 0.494 e. The van der Waals surface area contributed by atoms with Crippen molar-refractivity contribution >= 4 is 5.65 Å². The molecule has 3 aromatic heterocycles. The lowest BCUT2D eigenvalue weighted by Gasteiger charge is -2.15. The lowest BCUT2D eigenvalue weighted by molar-refractivity contribution is 0.315. The number of fused-ring (bicyclic) bond motifs is 1. The molecule has 0 radical (unpaired) electrons. The minimum atomic E-state index is 0.125. The average molecular weight is 367 g/mol. The summed E-state index contributed by atoms with van der Waals surface area (Å²) in [5.41, 5.74) is 3.20. The molecule has 0 aliphatic rings. The Morgan fingerprint density at radius 1 is 1.37 bits per heavy atom. The molecule has 27 heavy (non-hydrogen) atoms. The summed E-state index contributed by atoms with van der Waals surface area (Å²) in [4.78, 5) is 13.6. The summed E-state index contributed by atoms with van der Waals surface area (Å²) >= 11 is 0. The third-order valence-corrected chi connectivity index (χ3v) is 4.24. The number of methoxy groups -OCH3 is 1. The summed E-state index contributed by atoms with van der Waals surface area (Å²) in [5.74, 6) is 1.14. The molecule has 0 saturated carbocycles. The van der Waals surface area contributed by atoms with Gasteiger partial charge in [-0.3, -0.25) is 4.98 Å². The van der Waals surface area contributed by atoms with Crippen LogP contribution >= 0.6 is 0 Å². The predicted octanol–water partition coefficient (Wildman–Crippen LogP) is 3.43. The molecular weight excluding hydrogens is 342 g/mol. The lowest BCUT2D eigenvalue weighted by atomic mass is 10.1. The van der Waals surface area contributed by atoms with Gasteiger partial charge in [0.15, 0.2) is 0 Å². The second-order valence-electron chi connectivity index (χ2n) is 6.10. The van der Waals surface area contributed by atoms with E-state index in [-0.39, 0.29) is 6.04 Å². The van der Waals surface area contributed by atoms with Crippen LogP contribution in [0.5, 0.6) is 11.6 Å². The molecule has 3 heterocycles. The van der Waals surface area contributed by atoms with Crippen molar-refractivity contribution in [3.05, 3.63) is 49.2 Å². The first-order valence-electron chi connectivity index (χ1n) is 9.03. The number of aromatic nitrogens is 4. The molecule has 142 valence electrons. The van der Waals surface area contributed by atoms with Crippen molar-refractivity contribution in [2.24, 2.45) is 0 Å². The molecule has 0 aromatic carbocycles. The van der Waals surface area contributed by atoms with Crippen LogP contribution in [0.3, 0.4) is 0 Å². The molecule has 0 spiro atoms. The number of nitrogens with one attached hydrogen (secondary N) is 1. The Balaban J connectivity index is 2.07. The van der Waals surface area contributed by atoms with Crippen molar-refractivity contribution < 1.29 is 9.47 Å². The highest BCUT2D eigenvalue weighted by atomic mass is 16.5. The van der Waals surface area contributed by atoms with E-state index in [2.05, 4.69) is 35.7 Å². The van der Waals surface area contributed by atoms with E-state index in [9.17, 15) is 0 Å². The second kappa shape index (κ2) is 8.64. The number of hydrogen-bond donors (Lipinski definition) is 1. The Hall–Kier alpha value is -2.93. The van der Waals surface area contributed by atoms with Crippen LogP contribution in [0.25, 0.3) is 16.9 Å². The molecule has 0 aliphatic heterocycles. The number of imidazole rings is 1. The number of pyridine rings is 1. The van der Waals surface area contributed by atoms with E-state index in [4.69, 9.17) is 14.5 Å². The molecule has 0 saturated heterocycles. The van der Waals surface area contributed by atoms with Gasteiger partial charge < -0.3 is 19.2 Å². The van der Waals surface area contributed by atoms with Gasteiger partial charge >= 0.3 is 0 Å². The van der Waals surface area contributed by atoms with Crippen molar-refractivity contribution in [1.82, 2.24) is 24.7 Å². The zero-order valence-corrected chi connectivity index (χ0v) is 16.0. The van der Waals surface area contributed by atoms with Gasteiger partial charge in [-0.05, 0) is 26.0 Å². The van der Waals surface area contributed by atoms with Crippen molar-refractivity contribution in [2.45, 2.75) is 26.3 Å². The Morgan fingerprint density at radius 3 is 2.96 bits per heavy atom. The minimum absolute atomic E-state index is 0.125. The summed E-state index contributed by atoms with van der Waals surface area (Å²) in [7, 11) is 1.63. The van der Waals surface area contributed by atoms with Gasteiger partial charge in [-0.2, -0.15) is 0 Å². The van der Waals surface area contributed by atoms with Crippen molar-refractivity contribution in [2.75, 3.05) is 20.3 Å². The normalized spacial score (nSPS) is 12.1. The molecule has 1 atom stereocenters. The van der Waals surface area contributed by atoms with E-state index in [1.54, 1.807) is 19.5 Å². The number of rotatable bonds is 9. The van der Waals surface area contributed by atoms with Crippen LogP contribution in [0.1, 0.15) is 32.0 Å². The summed E-state index contributed by atoms with van der Waals surface area (Å²) in [5, 5.41) is 3.38. The van der Waals surface area contributed by atoms with Gasteiger partial charge in [0.25, 0.3) is 5.88 Å². The third-order valence-electron chi connectivity index (χ3n) is 4.24. The van der Waals surface area contributed by atoms with Gasteiger partial charge in [-0.15, -0.1) is 6.58 Å². The smallest absolute Gasteiger partial charge is 0.258 e. The summed E-state index contributed by atoms with van der Waals surface area (Å²) in [6, 6.07) is 2.13. The highest BCUT2D eigenvalue weighted by Crippen LogP contribution is 2.32. The van der Waals surface area contributed by atoms with Gasteiger partial charge in [0.2, 0.25) is 5.65 Å². The van der Waals surface area contributed by atoms with E-state index in [0.29, 0.717) is 23.9 Å². The molecular formula is C20H25N5O2. The van der Waals surface area contributed by atoms with Crippen LogP contribution in [0.4, 0.5) is 0 Å². The molecule has 0 aliphatic carbocycles. The fourth-order valence-electron chi connectivity index (χ4n) is 2.84. The van der Waals surface area contributed by atoms with Crippen molar-refractivity contribution in [3.63, 3.8) is 0 Å². The maximum atomic E-state index is 5.84. The van der Waals surface area contributed by atoms with Crippen molar-refractivity contribution in [3.8, 4) is 22.9 Å². The Morgan fingerprint density at radius 2 is 2.22 bits per heavy atom. The van der Waals surface area contributed by atoms with Crippen LogP contribution in [0, 0.1) is 0 Å². The van der Waals surface area contributed by atoms with Crippen LogP contribution in [-0.2, 0) is 0 Å². The third kappa shape index (κ3) is 4.09. The van der Waals surface area contributed by atoms with Gasteiger partial charge in [0, 0.05) is 30.2 Å². The Labute approximate surface area is 159 Å². The standard InChI is InChI=1S/C20H25N5O2/c1-5-7-10-27-20-19-22-8-9-25(19)13-17(24-20)15-11-16(14(3)21-6-2)23-12-18(15)26-4/h5,8-9,11-14,21H,1,6-7,10H2,2-4H3. The predicted molar refractivity (Wildman–Crippen MR) is 105 cm³/mol. The quantitative estimate of drug-likeness (QED) is 0.461. The molecule has 0 bridgehead atoms. The summed E-state index contributed by atoms with van der Waals surface area (Å²) in [6.07, 6.45) is 9.80. The first-order valence-corrected chi connectivity index (χ1v) is 9.03. The number of hydrogen-bond acceptors (Lipinski definition) is 6. The topological polar surface area (TPSA) is 73.6 Å². The Kier molecular flexibility index (Phi) is 6.03. The molecule has 0 amide bonds. The fraction of sp³-hybridized carbons (Fsp3) is 0.350. The second-order valence-corrected chi connectivity index (χ2v) is 6.10. The van der Waals surface area contributed by atoms with Crippen LogP contribution in [0.15, 0.2) is 43.5 Å². The van der Waals surface area contributed by atoms with Gasteiger partial charge in [-0.25, -0.2) is 9.97 Å². The Bertz CT molecular complexity index is 922. The average Bonchev–Trinajstić information content (AvgIpc) is 3.16. The minimum Gasteiger partial charge on any atom is -0.494 e. The van der Waals surface area contributed by atoms with Gasteiger partial charge in [-0.1, -0.05) is 13.0 Å². The van der Waals surface area contributed by atoms with E-state index in [1.807, 2.05) is 28.9 Å². The lowest BCUT2D eigenvalue weighted by Crippen LogP contribution is -2.18. The van der Waals surface area contributed by atoms with E-state index < -0.39 is 0 Å². The van der Waals surface area contributed by atoms with Crippen molar-refractivity contribution in [1.29, 1.82) is 0 Å². The van der Waals surface area contributed by atoms with Crippen LogP contribution < -0.4 is 14.8 Å². The number of ether oxygens (including phenoxy) is 2. The molecule has 3 rings (SSSR count). The maximum absolute atomic E-state index is 5.84. The molecule has 7 nitrogen and oxygen atoms in total. The summed E-state index contributed by atoms with van der Waals surface area (Å²) in [6.45, 7) is 9.24. The molecule has 0 fully saturated rings. The zero-order valence-electron chi connectivity index (χ0n) is 16.0. The first kappa shape index (κ1) is 18.8.